The topological polar surface area (TPSA) is 45.2 Å². The molecule has 1 saturated heterocycles. The number of aromatic nitrogens is 1. The van der Waals surface area contributed by atoms with E-state index >= 15 is 0 Å². The van der Waals surface area contributed by atoms with Gasteiger partial charge in [-0.1, -0.05) is 12.8 Å². The third kappa shape index (κ3) is 4.04. The summed E-state index contributed by atoms with van der Waals surface area (Å²) < 4.78 is 0. The smallest absolute Gasteiger partial charge is 0.217 e. The van der Waals surface area contributed by atoms with Gasteiger partial charge in [0.05, 0.1) is 5.01 Å². The summed E-state index contributed by atoms with van der Waals surface area (Å²) in [6, 6.07) is 0.370. The Balaban J connectivity index is 1.48. The van der Waals surface area contributed by atoms with Crippen LogP contribution in [0, 0.1) is 0 Å². The molecular formula is C16H25N3OS. The summed E-state index contributed by atoms with van der Waals surface area (Å²) in [5, 5.41) is 4.39. The quantitative estimate of drug-likeness (QED) is 0.930. The lowest BCUT2D eigenvalue weighted by Crippen LogP contribution is -2.43. The van der Waals surface area contributed by atoms with Crippen molar-refractivity contribution < 1.29 is 4.79 Å². The van der Waals surface area contributed by atoms with Crippen LogP contribution in [0.3, 0.4) is 0 Å². The highest BCUT2D eigenvalue weighted by molar-refractivity contribution is 7.11. The molecule has 0 bridgehead atoms. The fourth-order valence-electron chi connectivity index (χ4n) is 3.50. The Kier molecular flexibility index (Phi) is 4.91. The van der Waals surface area contributed by atoms with Gasteiger partial charge in [0.2, 0.25) is 5.91 Å². The fraction of sp³-hybridized carbons (Fsp3) is 0.750. The maximum atomic E-state index is 11.1. The van der Waals surface area contributed by atoms with Crippen LogP contribution in [0.4, 0.5) is 0 Å². The zero-order valence-corrected chi connectivity index (χ0v) is 13.6. The standard InChI is InChI=1S/C16H25N3OS/c1-12(20)18-14-6-8-19(9-7-14)11-15-10-17-16(21-15)13-4-2-3-5-13/h10,13-14H,2-9,11H2,1H3,(H,18,20). The second-order valence-corrected chi connectivity index (χ2v) is 7.54. The first kappa shape index (κ1) is 15.0. The number of hydrogen-bond acceptors (Lipinski definition) is 4. The number of carbonyl (C=O) groups is 1. The van der Waals surface area contributed by atoms with Crippen LogP contribution in [-0.2, 0) is 11.3 Å². The second-order valence-electron chi connectivity index (χ2n) is 6.40. The van der Waals surface area contributed by atoms with Gasteiger partial charge < -0.3 is 5.32 Å². The van der Waals surface area contributed by atoms with E-state index in [-0.39, 0.29) is 5.91 Å². The zero-order chi connectivity index (χ0) is 14.7. The molecule has 0 radical (unpaired) electrons. The molecule has 1 aliphatic carbocycles. The summed E-state index contributed by atoms with van der Waals surface area (Å²) >= 11 is 1.91. The molecule has 5 heteroatoms. The first-order chi connectivity index (χ1) is 10.2. The first-order valence-corrected chi connectivity index (χ1v) is 8.96. The molecular weight excluding hydrogens is 282 g/mol. The summed E-state index contributed by atoms with van der Waals surface area (Å²) in [5.41, 5.74) is 0. The Hall–Kier alpha value is -0.940. The van der Waals surface area contributed by atoms with Crippen molar-refractivity contribution in [3.05, 3.63) is 16.1 Å². The number of thiazole rings is 1. The lowest BCUT2D eigenvalue weighted by atomic mass is 10.1. The number of nitrogens with zero attached hydrogens (tertiary/aromatic N) is 2. The van der Waals surface area contributed by atoms with Gasteiger partial charge in [0.1, 0.15) is 0 Å². The molecule has 0 unspecified atom stereocenters. The number of rotatable bonds is 4. The zero-order valence-electron chi connectivity index (χ0n) is 12.8. The van der Waals surface area contributed by atoms with E-state index in [1.807, 2.05) is 11.3 Å². The van der Waals surface area contributed by atoms with Crippen LogP contribution < -0.4 is 5.32 Å². The van der Waals surface area contributed by atoms with Gasteiger partial charge in [0.25, 0.3) is 0 Å². The normalized spacial score (nSPS) is 21.8. The maximum absolute atomic E-state index is 11.1. The maximum Gasteiger partial charge on any atom is 0.217 e. The Morgan fingerprint density at radius 3 is 2.71 bits per heavy atom. The van der Waals surface area contributed by atoms with E-state index in [4.69, 9.17) is 0 Å². The molecule has 1 aliphatic heterocycles. The number of amides is 1. The monoisotopic (exact) mass is 307 g/mol. The van der Waals surface area contributed by atoms with Crippen molar-refractivity contribution in [1.82, 2.24) is 15.2 Å². The van der Waals surface area contributed by atoms with Crippen LogP contribution in [0.25, 0.3) is 0 Å². The Morgan fingerprint density at radius 2 is 2.05 bits per heavy atom. The molecule has 0 aromatic carbocycles. The van der Waals surface area contributed by atoms with Gasteiger partial charge in [-0.25, -0.2) is 4.98 Å². The predicted octanol–water partition coefficient (Wildman–Crippen LogP) is 2.90. The van der Waals surface area contributed by atoms with Crippen molar-refractivity contribution in [2.75, 3.05) is 13.1 Å². The van der Waals surface area contributed by atoms with Gasteiger partial charge >= 0.3 is 0 Å². The molecule has 1 aromatic rings. The minimum atomic E-state index is 0.0945. The molecule has 0 atom stereocenters. The van der Waals surface area contributed by atoms with E-state index in [9.17, 15) is 4.79 Å². The largest absolute Gasteiger partial charge is 0.354 e. The number of likely N-dealkylation sites (tertiary alicyclic amines) is 1. The molecule has 2 aliphatic rings. The average Bonchev–Trinajstić information content (AvgIpc) is 3.11. The summed E-state index contributed by atoms with van der Waals surface area (Å²) in [5.74, 6) is 0.825. The minimum Gasteiger partial charge on any atom is -0.354 e. The van der Waals surface area contributed by atoms with Gasteiger partial charge in [0.15, 0.2) is 0 Å². The summed E-state index contributed by atoms with van der Waals surface area (Å²) in [4.78, 5) is 19.6. The van der Waals surface area contributed by atoms with Crippen molar-refractivity contribution in [3.8, 4) is 0 Å². The van der Waals surface area contributed by atoms with Gasteiger partial charge in [-0.2, -0.15) is 0 Å². The van der Waals surface area contributed by atoms with E-state index in [2.05, 4.69) is 21.4 Å². The third-order valence-electron chi connectivity index (χ3n) is 4.65. The highest BCUT2D eigenvalue weighted by Crippen LogP contribution is 2.36. The van der Waals surface area contributed by atoms with Gasteiger partial charge in [-0.05, 0) is 25.7 Å². The van der Waals surface area contributed by atoms with E-state index in [1.165, 1.54) is 35.6 Å². The first-order valence-electron chi connectivity index (χ1n) is 8.15. The Bertz CT molecular complexity index is 474. The molecule has 1 saturated carbocycles. The third-order valence-corrected chi connectivity index (χ3v) is 5.79. The van der Waals surface area contributed by atoms with Gasteiger partial charge in [0, 0.05) is 49.6 Å². The van der Waals surface area contributed by atoms with Crippen molar-refractivity contribution >= 4 is 17.2 Å². The fourth-order valence-corrected chi connectivity index (χ4v) is 4.63. The number of nitrogens with one attached hydrogen (secondary N) is 1. The Morgan fingerprint density at radius 1 is 1.33 bits per heavy atom. The predicted molar refractivity (Wildman–Crippen MR) is 85.4 cm³/mol. The van der Waals surface area contributed by atoms with Crippen molar-refractivity contribution in [3.63, 3.8) is 0 Å². The van der Waals surface area contributed by atoms with E-state index in [0.29, 0.717) is 6.04 Å². The van der Waals surface area contributed by atoms with Crippen LogP contribution in [0.2, 0.25) is 0 Å². The second kappa shape index (κ2) is 6.88. The number of hydrogen-bond donors (Lipinski definition) is 1. The summed E-state index contributed by atoms with van der Waals surface area (Å²) in [6.45, 7) is 4.77. The van der Waals surface area contributed by atoms with Crippen LogP contribution in [0.5, 0.6) is 0 Å². The molecule has 4 nitrogen and oxygen atoms in total. The van der Waals surface area contributed by atoms with Crippen molar-refractivity contribution in [2.24, 2.45) is 0 Å². The number of carbonyl (C=O) groups excluding carboxylic acids is 1. The molecule has 2 fully saturated rings. The van der Waals surface area contributed by atoms with Crippen LogP contribution in [0.15, 0.2) is 6.20 Å². The number of piperidine rings is 1. The van der Waals surface area contributed by atoms with E-state index < -0.39 is 0 Å². The van der Waals surface area contributed by atoms with Gasteiger partial charge in [-0.15, -0.1) is 11.3 Å². The molecule has 116 valence electrons. The average molecular weight is 307 g/mol. The molecule has 0 spiro atoms. The molecule has 1 amide bonds. The van der Waals surface area contributed by atoms with Crippen LogP contribution in [-0.4, -0.2) is 34.9 Å². The van der Waals surface area contributed by atoms with E-state index in [0.717, 1.165) is 38.4 Å². The highest BCUT2D eigenvalue weighted by Gasteiger charge is 2.22. The molecule has 3 rings (SSSR count). The molecule has 1 N–H and O–H groups in total. The lowest BCUT2D eigenvalue weighted by molar-refractivity contribution is -0.119. The van der Waals surface area contributed by atoms with E-state index in [1.54, 1.807) is 6.92 Å². The summed E-state index contributed by atoms with van der Waals surface area (Å²) in [7, 11) is 0. The molecule has 2 heterocycles. The Labute approximate surface area is 130 Å². The molecule has 21 heavy (non-hydrogen) atoms. The van der Waals surface area contributed by atoms with Crippen LogP contribution in [0.1, 0.15) is 61.3 Å². The van der Waals surface area contributed by atoms with Gasteiger partial charge in [-0.3, -0.25) is 9.69 Å². The summed E-state index contributed by atoms with van der Waals surface area (Å²) in [6.07, 6.45) is 9.61. The van der Waals surface area contributed by atoms with Crippen LogP contribution >= 0.6 is 11.3 Å². The minimum absolute atomic E-state index is 0.0945. The van der Waals surface area contributed by atoms with Crippen molar-refractivity contribution in [1.29, 1.82) is 0 Å². The highest BCUT2D eigenvalue weighted by atomic mass is 32.1. The lowest BCUT2D eigenvalue weighted by Gasteiger charge is -2.31. The van der Waals surface area contributed by atoms with Crippen molar-refractivity contribution in [2.45, 2.75) is 64.0 Å². The SMILES string of the molecule is CC(=O)NC1CCN(Cc2cnc(C3CCCC3)s2)CC1. The molecule has 1 aromatic heterocycles.